The Bertz CT molecular complexity index is 408. The molecule has 0 radical (unpaired) electrons. The molecule has 1 aliphatic heterocycles. The molecule has 0 unspecified atom stereocenters. The van der Waals surface area contributed by atoms with Crippen LogP contribution in [-0.2, 0) is 4.74 Å². The fraction of sp³-hybridized carbons (Fsp3) is 0.571. The zero-order valence-corrected chi connectivity index (χ0v) is 11.9. The highest BCUT2D eigenvalue weighted by Gasteiger charge is 2.18. The van der Waals surface area contributed by atoms with Gasteiger partial charge in [-0.3, -0.25) is 4.90 Å². The Kier molecular flexibility index (Phi) is 5.85. The van der Waals surface area contributed by atoms with E-state index in [-0.39, 0.29) is 0 Å². The standard InChI is InChI=1S/C14H22BNO4/c1-19-13-5-7-16(8-6-13)9-10-20-14-4-2-3-12(11-14)15(17)18/h2-4,11,13,17-18H,5-10H2,1H3. The number of hydrogen-bond donors (Lipinski definition) is 2. The third-order valence-electron chi connectivity index (χ3n) is 3.70. The highest BCUT2D eigenvalue weighted by Crippen LogP contribution is 2.13. The third-order valence-corrected chi connectivity index (χ3v) is 3.70. The monoisotopic (exact) mass is 279 g/mol. The molecule has 1 aliphatic rings. The van der Waals surface area contributed by atoms with Gasteiger partial charge in [0.1, 0.15) is 12.4 Å². The lowest BCUT2D eigenvalue weighted by molar-refractivity contribution is 0.0375. The van der Waals surface area contributed by atoms with E-state index in [1.165, 1.54) is 0 Å². The lowest BCUT2D eigenvalue weighted by atomic mass is 9.80. The molecule has 20 heavy (non-hydrogen) atoms. The maximum Gasteiger partial charge on any atom is 0.488 e. The molecule has 0 aromatic heterocycles. The molecule has 1 aromatic carbocycles. The van der Waals surface area contributed by atoms with Gasteiger partial charge in [0.15, 0.2) is 0 Å². The molecule has 2 rings (SSSR count). The summed E-state index contributed by atoms with van der Waals surface area (Å²) in [6.07, 6.45) is 2.54. The van der Waals surface area contributed by atoms with Crippen LogP contribution in [0.5, 0.6) is 5.75 Å². The molecule has 1 aromatic rings. The second kappa shape index (κ2) is 7.64. The Morgan fingerprint density at radius 2 is 2.05 bits per heavy atom. The number of piperidine rings is 1. The van der Waals surface area contributed by atoms with Crippen molar-refractivity contribution < 1.29 is 19.5 Å². The third kappa shape index (κ3) is 4.49. The molecule has 2 N–H and O–H groups in total. The van der Waals surface area contributed by atoms with Crippen LogP contribution in [0.2, 0.25) is 0 Å². The molecule has 6 heteroatoms. The van der Waals surface area contributed by atoms with E-state index in [4.69, 9.17) is 19.5 Å². The SMILES string of the molecule is COC1CCN(CCOc2cccc(B(O)O)c2)CC1. The normalized spacial score (nSPS) is 17.1. The highest BCUT2D eigenvalue weighted by atomic mass is 16.5. The van der Waals surface area contributed by atoms with E-state index in [2.05, 4.69) is 4.90 Å². The van der Waals surface area contributed by atoms with Crippen LogP contribution in [-0.4, -0.2) is 61.5 Å². The van der Waals surface area contributed by atoms with Crippen LogP contribution in [0.15, 0.2) is 24.3 Å². The first-order valence-electron chi connectivity index (χ1n) is 7.03. The molecule has 0 aliphatic carbocycles. The van der Waals surface area contributed by atoms with Gasteiger partial charge in [-0.05, 0) is 30.4 Å². The first kappa shape index (κ1) is 15.3. The van der Waals surface area contributed by atoms with E-state index in [1.54, 1.807) is 25.3 Å². The highest BCUT2D eigenvalue weighted by molar-refractivity contribution is 6.58. The fourth-order valence-electron chi connectivity index (χ4n) is 2.43. The van der Waals surface area contributed by atoms with Crippen LogP contribution in [0.4, 0.5) is 0 Å². The lowest BCUT2D eigenvalue weighted by Crippen LogP contribution is -2.38. The van der Waals surface area contributed by atoms with Crippen LogP contribution in [0.1, 0.15) is 12.8 Å². The van der Waals surface area contributed by atoms with E-state index in [0.717, 1.165) is 32.5 Å². The average molecular weight is 279 g/mol. The first-order valence-corrected chi connectivity index (χ1v) is 7.03. The minimum atomic E-state index is -1.45. The topological polar surface area (TPSA) is 62.2 Å². The average Bonchev–Trinajstić information content (AvgIpc) is 2.48. The van der Waals surface area contributed by atoms with Gasteiger partial charge in [0.05, 0.1) is 6.10 Å². The minimum Gasteiger partial charge on any atom is -0.492 e. The summed E-state index contributed by atoms with van der Waals surface area (Å²) in [6.45, 7) is 3.56. The van der Waals surface area contributed by atoms with Gasteiger partial charge >= 0.3 is 7.12 Å². The molecule has 5 nitrogen and oxygen atoms in total. The molecule has 0 spiro atoms. The quantitative estimate of drug-likeness (QED) is 0.709. The molecule has 0 bridgehead atoms. The fourth-order valence-corrected chi connectivity index (χ4v) is 2.43. The van der Waals surface area contributed by atoms with E-state index in [0.29, 0.717) is 23.9 Å². The Morgan fingerprint density at radius 3 is 2.70 bits per heavy atom. The van der Waals surface area contributed by atoms with E-state index >= 15 is 0 Å². The number of hydrogen-bond acceptors (Lipinski definition) is 5. The predicted octanol–water partition coefficient (Wildman–Crippen LogP) is -0.144. The van der Waals surface area contributed by atoms with E-state index in [9.17, 15) is 0 Å². The van der Waals surface area contributed by atoms with Gasteiger partial charge in [-0.15, -0.1) is 0 Å². The van der Waals surface area contributed by atoms with Crippen molar-refractivity contribution >= 4 is 12.6 Å². The van der Waals surface area contributed by atoms with Crippen molar-refractivity contribution in [1.29, 1.82) is 0 Å². The van der Waals surface area contributed by atoms with Crippen LogP contribution in [0.3, 0.4) is 0 Å². The molecule has 0 saturated carbocycles. The Labute approximate surface area is 120 Å². The summed E-state index contributed by atoms with van der Waals surface area (Å²) in [7, 11) is 0.318. The van der Waals surface area contributed by atoms with Gasteiger partial charge in [0.25, 0.3) is 0 Å². The summed E-state index contributed by atoms with van der Waals surface area (Å²) >= 11 is 0. The second-order valence-electron chi connectivity index (χ2n) is 5.07. The summed E-state index contributed by atoms with van der Waals surface area (Å²) in [6, 6.07) is 6.89. The van der Waals surface area contributed by atoms with Crippen molar-refractivity contribution in [3.8, 4) is 5.75 Å². The zero-order valence-electron chi connectivity index (χ0n) is 11.9. The lowest BCUT2D eigenvalue weighted by Gasteiger charge is -2.30. The molecule has 1 saturated heterocycles. The Balaban J connectivity index is 1.72. The van der Waals surface area contributed by atoms with Crippen LogP contribution in [0, 0.1) is 0 Å². The van der Waals surface area contributed by atoms with Crippen LogP contribution < -0.4 is 10.2 Å². The van der Waals surface area contributed by atoms with Crippen molar-refractivity contribution in [3.63, 3.8) is 0 Å². The minimum absolute atomic E-state index is 0.398. The molecule has 1 fully saturated rings. The van der Waals surface area contributed by atoms with E-state index in [1.807, 2.05) is 6.07 Å². The molecule has 0 amide bonds. The Morgan fingerprint density at radius 1 is 1.30 bits per heavy atom. The van der Waals surface area contributed by atoms with Crippen LogP contribution in [0.25, 0.3) is 0 Å². The van der Waals surface area contributed by atoms with Gasteiger partial charge in [0, 0.05) is 26.7 Å². The summed E-state index contributed by atoms with van der Waals surface area (Å²) in [4.78, 5) is 2.36. The maximum absolute atomic E-state index is 9.11. The number of ether oxygens (including phenoxy) is 2. The van der Waals surface area contributed by atoms with E-state index < -0.39 is 7.12 Å². The summed E-state index contributed by atoms with van der Waals surface area (Å²) in [5.41, 5.74) is 0.448. The van der Waals surface area contributed by atoms with Crippen molar-refractivity contribution in [2.24, 2.45) is 0 Å². The molecule has 110 valence electrons. The van der Waals surface area contributed by atoms with Crippen molar-refractivity contribution in [3.05, 3.63) is 24.3 Å². The summed E-state index contributed by atoms with van der Waals surface area (Å²) in [5.74, 6) is 0.669. The van der Waals surface area contributed by atoms with Gasteiger partial charge in [0.2, 0.25) is 0 Å². The number of methoxy groups -OCH3 is 1. The second-order valence-corrected chi connectivity index (χ2v) is 5.07. The van der Waals surface area contributed by atoms with Crippen molar-refractivity contribution in [2.45, 2.75) is 18.9 Å². The zero-order chi connectivity index (χ0) is 14.4. The predicted molar refractivity (Wildman–Crippen MR) is 78.2 cm³/mol. The van der Waals surface area contributed by atoms with Gasteiger partial charge in [-0.1, -0.05) is 12.1 Å². The first-order chi connectivity index (χ1) is 9.69. The number of nitrogens with zero attached hydrogens (tertiary/aromatic N) is 1. The smallest absolute Gasteiger partial charge is 0.488 e. The van der Waals surface area contributed by atoms with Gasteiger partial charge in [-0.2, -0.15) is 0 Å². The summed E-state index contributed by atoms with van der Waals surface area (Å²) < 4.78 is 11.0. The molecular formula is C14H22BNO4. The van der Waals surface area contributed by atoms with Crippen LogP contribution >= 0.6 is 0 Å². The van der Waals surface area contributed by atoms with Gasteiger partial charge < -0.3 is 19.5 Å². The number of rotatable bonds is 6. The Hall–Kier alpha value is -1.08. The molecule has 1 heterocycles. The number of likely N-dealkylation sites (tertiary alicyclic amines) is 1. The molecule has 0 atom stereocenters. The van der Waals surface area contributed by atoms with Crippen molar-refractivity contribution in [2.75, 3.05) is 33.4 Å². The largest absolute Gasteiger partial charge is 0.492 e. The van der Waals surface area contributed by atoms with Crippen molar-refractivity contribution in [1.82, 2.24) is 4.90 Å². The maximum atomic E-state index is 9.11. The van der Waals surface area contributed by atoms with Gasteiger partial charge in [-0.25, -0.2) is 0 Å². The number of benzene rings is 1. The molecular weight excluding hydrogens is 257 g/mol. The summed E-state index contributed by atoms with van der Waals surface area (Å²) in [5, 5.41) is 18.2.